The molecule has 0 saturated heterocycles. The molecule has 0 aliphatic heterocycles. The maximum absolute atomic E-state index is 13.8. The third kappa shape index (κ3) is 4.01. The van der Waals surface area contributed by atoms with E-state index in [4.69, 9.17) is 0 Å². The first-order valence-corrected chi connectivity index (χ1v) is 5.59. The molecule has 1 atom stereocenters. The molecular formula is C15H19F. The molecule has 1 heteroatoms. The molecule has 0 aromatic rings. The van der Waals surface area contributed by atoms with Gasteiger partial charge in [-0.05, 0) is 25.3 Å². The standard InChI is InChI=1S/C15H19F/c1-4-7-12(2)10-13(3)11-15(16)14-8-5-6-9-14/h4-6,8,10,15H,1,3,7,9,11H2,2H3/b12-10+. The van der Waals surface area contributed by atoms with Crippen molar-refractivity contribution in [2.24, 2.45) is 0 Å². The number of alkyl halides is 1. The predicted octanol–water partition coefficient (Wildman–Crippen LogP) is 4.68. The molecular weight excluding hydrogens is 199 g/mol. The zero-order valence-electron chi connectivity index (χ0n) is 9.88. The minimum atomic E-state index is -0.893. The van der Waals surface area contributed by atoms with Crippen molar-refractivity contribution in [3.63, 3.8) is 0 Å². The number of hydrogen-bond acceptors (Lipinski definition) is 0. The average molecular weight is 218 g/mol. The van der Waals surface area contributed by atoms with Crippen molar-refractivity contribution in [2.75, 3.05) is 0 Å². The fourth-order valence-corrected chi connectivity index (χ4v) is 1.75. The lowest BCUT2D eigenvalue weighted by Crippen LogP contribution is -2.03. The van der Waals surface area contributed by atoms with Gasteiger partial charge in [0, 0.05) is 6.42 Å². The molecule has 1 aliphatic rings. The van der Waals surface area contributed by atoms with E-state index in [-0.39, 0.29) is 0 Å². The molecule has 16 heavy (non-hydrogen) atoms. The zero-order chi connectivity index (χ0) is 12.0. The number of halogens is 1. The van der Waals surface area contributed by atoms with Gasteiger partial charge in [0.15, 0.2) is 0 Å². The minimum absolute atomic E-state index is 0.391. The molecule has 0 radical (unpaired) electrons. The van der Waals surface area contributed by atoms with Crippen LogP contribution in [0.4, 0.5) is 4.39 Å². The molecule has 0 spiro atoms. The predicted molar refractivity (Wildman–Crippen MR) is 69.1 cm³/mol. The van der Waals surface area contributed by atoms with E-state index in [2.05, 4.69) is 13.2 Å². The van der Waals surface area contributed by atoms with Crippen LogP contribution in [0.2, 0.25) is 0 Å². The van der Waals surface area contributed by atoms with E-state index >= 15 is 0 Å². The van der Waals surface area contributed by atoms with E-state index in [1.807, 2.05) is 37.3 Å². The summed E-state index contributed by atoms with van der Waals surface area (Å²) in [5.41, 5.74) is 2.88. The molecule has 0 nitrogen and oxygen atoms in total. The monoisotopic (exact) mass is 218 g/mol. The maximum atomic E-state index is 13.8. The van der Waals surface area contributed by atoms with E-state index in [0.29, 0.717) is 6.42 Å². The fourth-order valence-electron chi connectivity index (χ4n) is 1.75. The summed E-state index contributed by atoms with van der Waals surface area (Å²) in [4.78, 5) is 0. The summed E-state index contributed by atoms with van der Waals surface area (Å²) < 4.78 is 13.8. The summed E-state index contributed by atoms with van der Waals surface area (Å²) in [6, 6.07) is 0. The third-order valence-electron chi connectivity index (χ3n) is 2.56. The molecule has 0 bridgehead atoms. The highest BCUT2D eigenvalue weighted by molar-refractivity contribution is 5.29. The molecule has 0 heterocycles. The van der Waals surface area contributed by atoms with E-state index in [0.717, 1.165) is 24.0 Å². The van der Waals surface area contributed by atoms with Gasteiger partial charge in [-0.3, -0.25) is 0 Å². The Morgan fingerprint density at radius 2 is 2.38 bits per heavy atom. The summed E-state index contributed by atoms with van der Waals surface area (Å²) in [6.07, 6.45) is 10.6. The van der Waals surface area contributed by atoms with Crippen molar-refractivity contribution < 1.29 is 4.39 Å². The first-order chi connectivity index (χ1) is 7.63. The van der Waals surface area contributed by atoms with E-state index < -0.39 is 6.17 Å². The molecule has 0 aromatic carbocycles. The van der Waals surface area contributed by atoms with Crippen molar-refractivity contribution >= 4 is 0 Å². The van der Waals surface area contributed by atoms with Crippen LogP contribution < -0.4 is 0 Å². The van der Waals surface area contributed by atoms with Gasteiger partial charge in [0.05, 0.1) is 0 Å². The lowest BCUT2D eigenvalue weighted by Gasteiger charge is -2.09. The van der Waals surface area contributed by atoms with Crippen molar-refractivity contribution in [3.8, 4) is 0 Å². The van der Waals surface area contributed by atoms with Gasteiger partial charge >= 0.3 is 0 Å². The fraction of sp³-hybridized carbons (Fsp3) is 0.333. The lowest BCUT2D eigenvalue weighted by molar-refractivity contribution is 0.378. The van der Waals surface area contributed by atoms with Gasteiger partial charge in [0.25, 0.3) is 0 Å². The van der Waals surface area contributed by atoms with E-state index in [9.17, 15) is 4.39 Å². The summed E-state index contributed by atoms with van der Waals surface area (Å²) in [5, 5.41) is 0. The highest BCUT2D eigenvalue weighted by Crippen LogP contribution is 2.23. The Morgan fingerprint density at radius 3 is 2.94 bits per heavy atom. The summed E-state index contributed by atoms with van der Waals surface area (Å²) in [5.74, 6) is 0. The second-order valence-electron chi connectivity index (χ2n) is 4.19. The molecule has 0 amide bonds. The Bertz CT molecular complexity index is 356. The second-order valence-corrected chi connectivity index (χ2v) is 4.19. The number of allylic oxidation sites excluding steroid dienone is 8. The summed E-state index contributed by atoms with van der Waals surface area (Å²) >= 11 is 0. The topological polar surface area (TPSA) is 0 Å². The Balaban J connectivity index is 2.45. The largest absolute Gasteiger partial charge is 0.242 e. The van der Waals surface area contributed by atoms with Crippen molar-refractivity contribution in [1.29, 1.82) is 0 Å². The SMILES string of the molecule is C=CC/C(C)=C/C(=C)CC(F)C1=CC=CC1. The van der Waals surface area contributed by atoms with Crippen LogP contribution in [-0.4, -0.2) is 6.17 Å². The van der Waals surface area contributed by atoms with E-state index in [1.165, 1.54) is 5.57 Å². The van der Waals surface area contributed by atoms with Crippen LogP contribution in [-0.2, 0) is 0 Å². The van der Waals surface area contributed by atoms with Crippen molar-refractivity contribution in [2.45, 2.75) is 32.4 Å². The smallest absolute Gasteiger partial charge is 0.126 e. The van der Waals surface area contributed by atoms with Crippen LogP contribution >= 0.6 is 0 Å². The molecule has 1 aliphatic carbocycles. The van der Waals surface area contributed by atoms with Crippen molar-refractivity contribution in [3.05, 3.63) is 60.3 Å². The summed E-state index contributed by atoms with van der Waals surface area (Å²) in [6.45, 7) is 9.57. The highest BCUT2D eigenvalue weighted by atomic mass is 19.1. The van der Waals surface area contributed by atoms with Crippen LogP contribution in [0.5, 0.6) is 0 Å². The first-order valence-electron chi connectivity index (χ1n) is 5.59. The minimum Gasteiger partial charge on any atom is -0.242 e. The van der Waals surface area contributed by atoms with Gasteiger partial charge in [-0.15, -0.1) is 6.58 Å². The van der Waals surface area contributed by atoms with Crippen molar-refractivity contribution in [1.82, 2.24) is 0 Å². The average Bonchev–Trinajstić information content (AvgIpc) is 2.69. The molecule has 0 fully saturated rings. The quantitative estimate of drug-likeness (QED) is 0.448. The molecule has 0 aromatic heterocycles. The first kappa shape index (κ1) is 12.7. The molecule has 1 unspecified atom stereocenters. The molecule has 0 saturated carbocycles. The molecule has 0 N–H and O–H groups in total. The van der Waals surface area contributed by atoms with Gasteiger partial charge in [-0.2, -0.15) is 0 Å². The molecule has 1 rings (SSSR count). The van der Waals surface area contributed by atoms with Crippen LogP contribution in [0.15, 0.2) is 60.3 Å². The third-order valence-corrected chi connectivity index (χ3v) is 2.56. The van der Waals surface area contributed by atoms with E-state index in [1.54, 1.807) is 0 Å². The van der Waals surface area contributed by atoms with Gasteiger partial charge in [-0.1, -0.05) is 48.1 Å². The van der Waals surface area contributed by atoms with Crippen LogP contribution in [0.25, 0.3) is 0 Å². The summed E-state index contributed by atoms with van der Waals surface area (Å²) in [7, 11) is 0. The highest BCUT2D eigenvalue weighted by Gasteiger charge is 2.14. The Morgan fingerprint density at radius 1 is 1.62 bits per heavy atom. The maximum Gasteiger partial charge on any atom is 0.126 e. The van der Waals surface area contributed by atoms with Crippen LogP contribution in [0.3, 0.4) is 0 Å². The Kier molecular flexibility index (Phi) is 4.97. The van der Waals surface area contributed by atoms with Gasteiger partial charge < -0.3 is 0 Å². The number of hydrogen-bond donors (Lipinski definition) is 0. The van der Waals surface area contributed by atoms with Gasteiger partial charge in [0.1, 0.15) is 6.17 Å². The lowest BCUT2D eigenvalue weighted by atomic mass is 10.0. The number of rotatable bonds is 6. The van der Waals surface area contributed by atoms with Crippen LogP contribution in [0.1, 0.15) is 26.2 Å². The second kappa shape index (κ2) is 6.26. The molecule has 86 valence electrons. The van der Waals surface area contributed by atoms with Crippen LogP contribution in [0, 0.1) is 0 Å². The zero-order valence-corrected chi connectivity index (χ0v) is 9.88. The Hall–Kier alpha value is -1.37. The Labute approximate surface area is 97.6 Å². The van der Waals surface area contributed by atoms with Gasteiger partial charge in [-0.25, -0.2) is 4.39 Å². The normalized spacial score (nSPS) is 17.1. The van der Waals surface area contributed by atoms with Gasteiger partial charge in [0.2, 0.25) is 0 Å².